The van der Waals surface area contributed by atoms with Crippen molar-refractivity contribution in [2.24, 2.45) is 17.8 Å². The van der Waals surface area contributed by atoms with Crippen molar-refractivity contribution in [1.82, 2.24) is 9.80 Å². The standard InChI is InChI=1S/C22H38N2O2/c1-2-21(25)19-6-8-20(9-7-19)22(26)24-16-11-18(12-17-24)10-15-23-13-4-3-5-14-23/h18-20H,2-17H2,1H3. The highest BCUT2D eigenvalue weighted by Crippen LogP contribution is 2.32. The highest BCUT2D eigenvalue weighted by atomic mass is 16.2. The predicted octanol–water partition coefficient (Wildman–Crippen LogP) is 3.89. The van der Waals surface area contributed by atoms with E-state index >= 15 is 0 Å². The predicted molar refractivity (Wildman–Crippen MR) is 105 cm³/mol. The third-order valence-corrected chi connectivity index (χ3v) is 7.11. The molecule has 1 aliphatic carbocycles. The molecule has 0 radical (unpaired) electrons. The smallest absolute Gasteiger partial charge is 0.225 e. The number of amides is 1. The second-order valence-electron chi connectivity index (χ2n) is 8.83. The van der Waals surface area contributed by atoms with Gasteiger partial charge in [0.15, 0.2) is 0 Å². The number of rotatable bonds is 6. The zero-order valence-corrected chi connectivity index (χ0v) is 16.8. The molecule has 0 N–H and O–H groups in total. The summed E-state index contributed by atoms with van der Waals surface area (Å²) in [5, 5.41) is 0. The van der Waals surface area contributed by atoms with Crippen LogP contribution in [0.3, 0.4) is 0 Å². The van der Waals surface area contributed by atoms with Crippen LogP contribution in [-0.2, 0) is 9.59 Å². The SMILES string of the molecule is CCC(=O)C1CCC(C(=O)N2CCC(CCN3CCCCC3)CC2)CC1. The van der Waals surface area contributed by atoms with Gasteiger partial charge in [-0.2, -0.15) is 0 Å². The second kappa shape index (κ2) is 9.87. The zero-order valence-electron chi connectivity index (χ0n) is 16.8. The summed E-state index contributed by atoms with van der Waals surface area (Å²) in [6.07, 6.45) is 12.2. The number of carbonyl (C=O) groups is 2. The van der Waals surface area contributed by atoms with E-state index in [1.54, 1.807) is 0 Å². The summed E-state index contributed by atoms with van der Waals surface area (Å²) in [7, 11) is 0. The van der Waals surface area contributed by atoms with Gasteiger partial charge in [-0.05, 0) is 83.3 Å². The van der Waals surface area contributed by atoms with Crippen molar-refractivity contribution < 1.29 is 9.59 Å². The summed E-state index contributed by atoms with van der Waals surface area (Å²) in [4.78, 5) is 29.5. The molecule has 2 aliphatic heterocycles. The van der Waals surface area contributed by atoms with E-state index < -0.39 is 0 Å². The lowest BCUT2D eigenvalue weighted by Gasteiger charge is -2.37. The first kappa shape index (κ1) is 19.9. The van der Waals surface area contributed by atoms with Gasteiger partial charge < -0.3 is 9.80 Å². The number of carbonyl (C=O) groups excluding carboxylic acids is 2. The summed E-state index contributed by atoms with van der Waals surface area (Å²) >= 11 is 0. The van der Waals surface area contributed by atoms with E-state index in [9.17, 15) is 9.59 Å². The Balaban J connectivity index is 1.35. The molecule has 1 saturated carbocycles. The van der Waals surface area contributed by atoms with E-state index in [0.29, 0.717) is 18.1 Å². The lowest BCUT2D eigenvalue weighted by Crippen LogP contribution is -2.43. The molecule has 26 heavy (non-hydrogen) atoms. The molecule has 3 rings (SSSR count). The van der Waals surface area contributed by atoms with Crippen LogP contribution in [0.15, 0.2) is 0 Å². The molecular weight excluding hydrogens is 324 g/mol. The largest absolute Gasteiger partial charge is 0.342 e. The van der Waals surface area contributed by atoms with Crippen LogP contribution < -0.4 is 0 Å². The molecule has 0 aromatic rings. The Kier molecular flexibility index (Phi) is 7.53. The molecule has 0 spiro atoms. The average Bonchev–Trinajstić information content (AvgIpc) is 2.72. The first-order valence-corrected chi connectivity index (χ1v) is 11.2. The van der Waals surface area contributed by atoms with Crippen LogP contribution in [0.25, 0.3) is 0 Å². The number of hydrogen-bond acceptors (Lipinski definition) is 3. The topological polar surface area (TPSA) is 40.6 Å². The number of ketones is 1. The molecule has 3 aliphatic rings. The molecule has 0 aromatic carbocycles. The van der Waals surface area contributed by atoms with Crippen LogP contribution in [0.5, 0.6) is 0 Å². The molecule has 2 heterocycles. The van der Waals surface area contributed by atoms with Gasteiger partial charge in [0.05, 0.1) is 0 Å². The normalized spacial score (nSPS) is 28.9. The van der Waals surface area contributed by atoms with Crippen molar-refractivity contribution in [2.45, 2.75) is 77.6 Å². The van der Waals surface area contributed by atoms with Gasteiger partial charge >= 0.3 is 0 Å². The minimum absolute atomic E-state index is 0.181. The molecule has 1 amide bonds. The van der Waals surface area contributed by atoms with Crippen LogP contribution in [0.2, 0.25) is 0 Å². The maximum absolute atomic E-state index is 12.8. The van der Waals surface area contributed by atoms with Gasteiger partial charge in [-0.25, -0.2) is 0 Å². The van der Waals surface area contributed by atoms with E-state index in [1.165, 1.54) is 58.2 Å². The third kappa shape index (κ3) is 5.31. The minimum atomic E-state index is 0.181. The monoisotopic (exact) mass is 362 g/mol. The number of hydrogen-bond donors (Lipinski definition) is 0. The Labute approximate surface area is 159 Å². The van der Waals surface area contributed by atoms with Crippen molar-refractivity contribution in [2.75, 3.05) is 32.7 Å². The molecule has 148 valence electrons. The van der Waals surface area contributed by atoms with Crippen LogP contribution in [0.4, 0.5) is 0 Å². The van der Waals surface area contributed by atoms with Crippen molar-refractivity contribution in [3.63, 3.8) is 0 Å². The van der Waals surface area contributed by atoms with Crippen molar-refractivity contribution in [3.05, 3.63) is 0 Å². The molecule has 0 atom stereocenters. The van der Waals surface area contributed by atoms with Crippen LogP contribution in [-0.4, -0.2) is 54.2 Å². The minimum Gasteiger partial charge on any atom is -0.342 e. The molecule has 0 bridgehead atoms. The van der Waals surface area contributed by atoms with E-state index in [4.69, 9.17) is 0 Å². The Morgan fingerprint density at radius 2 is 1.42 bits per heavy atom. The summed E-state index contributed by atoms with van der Waals surface area (Å²) in [5.74, 6) is 1.98. The maximum Gasteiger partial charge on any atom is 0.225 e. The van der Waals surface area contributed by atoms with Gasteiger partial charge in [0, 0.05) is 31.3 Å². The van der Waals surface area contributed by atoms with Gasteiger partial charge in [0.25, 0.3) is 0 Å². The molecule has 4 nitrogen and oxygen atoms in total. The van der Waals surface area contributed by atoms with Gasteiger partial charge in [-0.3, -0.25) is 9.59 Å². The molecule has 2 saturated heterocycles. The van der Waals surface area contributed by atoms with Gasteiger partial charge in [0.1, 0.15) is 5.78 Å². The van der Waals surface area contributed by atoms with Crippen LogP contribution in [0, 0.1) is 17.8 Å². The molecule has 3 fully saturated rings. The van der Waals surface area contributed by atoms with E-state index in [0.717, 1.165) is 44.7 Å². The van der Waals surface area contributed by atoms with E-state index in [2.05, 4.69) is 9.80 Å². The highest BCUT2D eigenvalue weighted by molar-refractivity contribution is 5.82. The lowest BCUT2D eigenvalue weighted by atomic mass is 9.78. The van der Waals surface area contributed by atoms with Crippen molar-refractivity contribution in [3.8, 4) is 0 Å². The molecular formula is C22H38N2O2. The fourth-order valence-electron chi connectivity index (χ4n) is 5.20. The van der Waals surface area contributed by atoms with Crippen LogP contribution in [0.1, 0.15) is 77.6 Å². The first-order valence-electron chi connectivity index (χ1n) is 11.2. The van der Waals surface area contributed by atoms with Gasteiger partial charge in [-0.15, -0.1) is 0 Å². The fourth-order valence-corrected chi connectivity index (χ4v) is 5.20. The fraction of sp³-hybridized carbons (Fsp3) is 0.909. The summed E-state index contributed by atoms with van der Waals surface area (Å²) in [5.41, 5.74) is 0. The quantitative estimate of drug-likeness (QED) is 0.720. The number of nitrogens with zero attached hydrogens (tertiary/aromatic N) is 2. The Morgan fingerprint density at radius 3 is 2.04 bits per heavy atom. The number of piperidine rings is 2. The Hall–Kier alpha value is -0.900. The first-order chi connectivity index (χ1) is 12.7. The Bertz CT molecular complexity index is 457. The van der Waals surface area contributed by atoms with E-state index in [1.807, 2.05) is 6.92 Å². The summed E-state index contributed by atoms with van der Waals surface area (Å²) in [6.45, 7) is 7.71. The number of likely N-dealkylation sites (tertiary alicyclic amines) is 2. The van der Waals surface area contributed by atoms with Crippen molar-refractivity contribution >= 4 is 11.7 Å². The third-order valence-electron chi connectivity index (χ3n) is 7.11. The molecule has 4 heteroatoms. The molecule has 0 aromatic heterocycles. The Morgan fingerprint density at radius 1 is 0.808 bits per heavy atom. The summed E-state index contributed by atoms with van der Waals surface area (Å²) in [6, 6.07) is 0. The van der Waals surface area contributed by atoms with Gasteiger partial charge in [-0.1, -0.05) is 13.3 Å². The number of Topliss-reactive ketones (excluding diaryl/α,β-unsaturated/α-hetero) is 1. The van der Waals surface area contributed by atoms with Crippen molar-refractivity contribution in [1.29, 1.82) is 0 Å². The second-order valence-corrected chi connectivity index (χ2v) is 8.83. The zero-order chi connectivity index (χ0) is 18.4. The maximum atomic E-state index is 12.8. The van der Waals surface area contributed by atoms with E-state index in [-0.39, 0.29) is 11.8 Å². The van der Waals surface area contributed by atoms with Gasteiger partial charge in [0.2, 0.25) is 5.91 Å². The van der Waals surface area contributed by atoms with Crippen LogP contribution >= 0.6 is 0 Å². The highest BCUT2D eigenvalue weighted by Gasteiger charge is 2.33. The lowest BCUT2D eigenvalue weighted by molar-refractivity contribution is -0.139. The summed E-state index contributed by atoms with van der Waals surface area (Å²) < 4.78 is 0. The average molecular weight is 363 g/mol. The molecule has 0 unspecified atom stereocenters.